The summed E-state index contributed by atoms with van der Waals surface area (Å²) in [6.45, 7) is 0.412. The Hall–Kier alpha value is -1.62. The summed E-state index contributed by atoms with van der Waals surface area (Å²) in [5, 5.41) is 5.68. The fourth-order valence-corrected chi connectivity index (χ4v) is 2.23. The molecule has 1 aliphatic rings. The molecule has 0 radical (unpaired) electrons. The SMILES string of the molecule is O=C1CCC(NC(=O)Cc2c(F)cccc2Cl)CN1. The van der Waals surface area contributed by atoms with Crippen LogP contribution in [0.2, 0.25) is 5.02 Å². The fourth-order valence-electron chi connectivity index (χ4n) is 2.00. The second kappa shape index (κ2) is 6.02. The van der Waals surface area contributed by atoms with Gasteiger partial charge in [0.15, 0.2) is 0 Å². The number of rotatable bonds is 3. The summed E-state index contributed by atoms with van der Waals surface area (Å²) in [7, 11) is 0. The van der Waals surface area contributed by atoms with Gasteiger partial charge < -0.3 is 10.6 Å². The molecular formula is C13H14ClFN2O2. The van der Waals surface area contributed by atoms with Crippen LogP contribution in [0.4, 0.5) is 4.39 Å². The Kier molecular flexibility index (Phi) is 4.37. The van der Waals surface area contributed by atoms with E-state index in [0.29, 0.717) is 19.4 Å². The Morgan fingerprint density at radius 2 is 2.32 bits per heavy atom. The molecule has 1 atom stereocenters. The van der Waals surface area contributed by atoms with Gasteiger partial charge in [-0.1, -0.05) is 17.7 Å². The van der Waals surface area contributed by atoms with Gasteiger partial charge in [0.25, 0.3) is 0 Å². The predicted molar refractivity (Wildman–Crippen MR) is 69.3 cm³/mol. The number of hydrogen-bond acceptors (Lipinski definition) is 2. The standard InChI is InChI=1S/C13H14ClFN2O2/c14-10-2-1-3-11(15)9(10)6-13(19)17-8-4-5-12(18)16-7-8/h1-3,8H,4-7H2,(H,16,18)(H,17,19). The van der Waals surface area contributed by atoms with E-state index < -0.39 is 5.82 Å². The van der Waals surface area contributed by atoms with Crippen molar-refractivity contribution in [3.63, 3.8) is 0 Å². The number of halogens is 2. The maximum Gasteiger partial charge on any atom is 0.224 e. The third-order valence-corrected chi connectivity index (χ3v) is 3.38. The summed E-state index contributed by atoms with van der Waals surface area (Å²) in [5.41, 5.74) is 0.196. The van der Waals surface area contributed by atoms with Crippen molar-refractivity contribution in [2.24, 2.45) is 0 Å². The third-order valence-electron chi connectivity index (χ3n) is 3.03. The van der Waals surface area contributed by atoms with E-state index in [4.69, 9.17) is 11.6 Å². The number of benzene rings is 1. The molecule has 102 valence electrons. The van der Waals surface area contributed by atoms with Crippen LogP contribution in [-0.2, 0) is 16.0 Å². The van der Waals surface area contributed by atoms with Crippen LogP contribution >= 0.6 is 11.6 Å². The van der Waals surface area contributed by atoms with E-state index >= 15 is 0 Å². The van der Waals surface area contributed by atoms with E-state index in [9.17, 15) is 14.0 Å². The lowest BCUT2D eigenvalue weighted by Crippen LogP contribution is -2.48. The first-order valence-corrected chi connectivity index (χ1v) is 6.43. The van der Waals surface area contributed by atoms with E-state index in [0.717, 1.165) is 0 Å². The first-order chi connectivity index (χ1) is 9.06. The number of hydrogen-bond donors (Lipinski definition) is 2. The third kappa shape index (κ3) is 3.67. The number of piperidine rings is 1. The van der Waals surface area contributed by atoms with Crippen molar-refractivity contribution in [1.82, 2.24) is 10.6 Å². The van der Waals surface area contributed by atoms with E-state index in [1.165, 1.54) is 12.1 Å². The minimum atomic E-state index is -0.486. The smallest absolute Gasteiger partial charge is 0.224 e. The lowest BCUT2D eigenvalue weighted by molar-refractivity contribution is -0.125. The Morgan fingerprint density at radius 3 is 2.95 bits per heavy atom. The molecule has 1 aromatic rings. The van der Waals surface area contributed by atoms with Crippen molar-refractivity contribution in [3.8, 4) is 0 Å². The van der Waals surface area contributed by atoms with Gasteiger partial charge in [0.05, 0.1) is 6.42 Å². The van der Waals surface area contributed by atoms with Crippen molar-refractivity contribution in [1.29, 1.82) is 0 Å². The molecule has 1 saturated heterocycles. The lowest BCUT2D eigenvalue weighted by Gasteiger charge is -2.23. The average molecular weight is 285 g/mol. The minimum Gasteiger partial charge on any atom is -0.354 e. The zero-order chi connectivity index (χ0) is 13.8. The Bertz CT molecular complexity index is 477. The molecule has 1 aromatic carbocycles. The number of carbonyl (C=O) groups excluding carboxylic acids is 2. The van der Waals surface area contributed by atoms with E-state index in [-0.39, 0.29) is 34.9 Å². The largest absolute Gasteiger partial charge is 0.354 e. The highest BCUT2D eigenvalue weighted by Gasteiger charge is 2.20. The zero-order valence-electron chi connectivity index (χ0n) is 10.2. The van der Waals surface area contributed by atoms with Crippen LogP contribution in [0.3, 0.4) is 0 Å². The maximum absolute atomic E-state index is 13.5. The van der Waals surface area contributed by atoms with E-state index in [1.807, 2.05) is 0 Å². The highest BCUT2D eigenvalue weighted by atomic mass is 35.5. The summed E-state index contributed by atoms with van der Waals surface area (Å²) in [4.78, 5) is 22.8. The lowest BCUT2D eigenvalue weighted by atomic mass is 10.1. The summed E-state index contributed by atoms with van der Waals surface area (Å²) >= 11 is 5.86. The van der Waals surface area contributed by atoms with Crippen molar-refractivity contribution in [2.45, 2.75) is 25.3 Å². The molecule has 6 heteroatoms. The molecule has 0 aliphatic carbocycles. The molecule has 1 fully saturated rings. The van der Waals surface area contributed by atoms with Gasteiger partial charge in [-0.15, -0.1) is 0 Å². The van der Waals surface area contributed by atoms with Gasteiger partial charge >= 0.3 is 0 Å². The van der Waals surface area contributed by atoms with E-state index in [1.54, 1.807) is 6.07 Å². The van der Waals surface area contributed by atoms with Crippen LogP contribution in [0.5, 0.6) is 0 Å². The first-order valence-electron chi connectivity index (χ1n) is 6.05. The summed E-state index contributed by atoms with van der Waals surface area (Å²) in [6, 6.07) is 4.22. The summed E-state index contributed by atoms with van der Waals surface area (Å²) in [6.07, 6.45) is 0.893. The van der Waals surface area contributed by atoms with Gasteiger partial charge in [0.2, 0.25) is 11.8 Å². The van der Waals surface area contributed by atoms with Crippen LogP contribution in [0.15, 0.2) is 18.2 Å². The molecule has 0 aromatic heterocycles. The fraction of sp³-hybridized carbons (Fsp3) is 0.385. The topological polar surface area (TPSA) is 58.2 Å². The Balaban J connectivity index is 1.92. The maximum atomic E-state index is 13.5. The van der Waals surface area contributed by atoms with Crippen LogP contribution in [0.25, 0.3) is 0 Å². The normalized spacial score (nSPS) is 18.8. The molecular weight excluding hydrogens is 271 g/mol. The molecule has 19 heavy (non-hydrogen) atoms. The number of carbonyl (C=O) groups is 2. The predicted octanol–water partition coefficient (Wildman–Crippen LogP) is 1.42. The van der Waals surface area contributed by atoms with Crippen LogP contribution in [0, 0.1) is 5.82 Å². The molecule has 1 aliphatic heterocycles. The van der Waals surface area contributed by atoms with Gasteiger partial charge in [-0.25, -0.2) is 4.39 Å². The van der Waals surface area contributed by atoms with E-state index in [2.05, 4.69) is 10.6 Å². The Morgan fingerprint density at radius 1 is 1.53 bits per heavy atom. The molecule has 4 nitrogen and oxygen atoms in total. The monoisotopic (exact) mass is 284 g/mol. The van der Waals surface area contributed by atoms with Crippen molar-refractivity contribution in [3.05, 3.63) is 34.6 Å². The average Bonchev–Trinajstić information content (AvgIpc) is 2.37. The van der Waals surface area contributed by atoms with Crippen molar-refractivity contribution < 1.29 is 14.0 Å². The molecule has 0 saturated carbocycles. The molecule has 2 amide bonds. The second-order valence-electron chi connectivity index (χ2n) is 4.48. The quantitative estimate of drug-likeness (QED) is 0.882. The van der Waals surface area contributed by atoms with Gasteiger partial charge in [-0.3, -0.25) is 9.59 Å². The molecule has 0 bridgehead atoms. The molecule has 2 rings (SSSR count). The Labute approximate surface area is 115 Å². The van der Waals surface area contributed by atoms with Gasteiger partial charge in [-0.2, -0.15) is 0 Å². The van der Waals surface area contributed by atoms with Gasteiger partial charge in [0, 0.05) is 29.6 Å². The number of nitrogens with one attached hydrogen (secondary N) is 2. The first kappa shape index (κ1) is 13.8. The number of amides is 2. The van der Waals surface area contributed by atoms with Crippen molar-refractivity contribution >= 4 is 23.4 Å². The van der Waals surface area contributed by atoms with Crippen LogP contribution in [0.1, 0.15) is 18.4 Å². The van der Waals surface area contributed by atoms with Gasteiger partial charge in [0.1, 0.15) is 5.82 Å². The summed E-state index contributed by atoms with van der Waals surface area (Å²) < 4.78 is 13.5. The van der Waals surface area contributed by atoms with Gasteiger partial charge in [-0.05, 0) is 18.6 Å². The zero-order valence-corrected chi connectivity index (χ0v) is 11.0. The minimum absolute atomic E-state index is 0.0114. The second-order valence-corrected chi connectivity index (χ2v) is 4.89. The van der Waals surface area contributed by atoms with Crippen LogP contribution in [-0.4, -0.2) is 24.4 Å². The van der Waals surface area contributed by atoms with Crippen molar-refractivity contribution in [2.75, 3.05) is 6.54 Å². The highest BCUT2D eigenvalue weighted by Crippen LogP contribution is 2.19. The molecule has 1 unspecified atom stereocenters. The summed E-state index contributed by atoms with van der Waals surface area (Å²) in [5.74, 6) is -0.796. The molecule has 2 N–H and O–H groups in total. The van der Waals surface area contributed by atoms with Crippen LogP contribution < -0.4 is 10.6 Å². The molecule has 0 spiro atoms. The molecule has 1 heterocycles. The highest BCUT2D eigenvalue weighted by molar-refractivity contribution is 6.31.